The van der Waals surface area contributed by atoms with Crippen LogP contribution in [0.5, 0.6) is 5.75 Å². The summed E-state index contributed by atoms with van der Waals surface area (Å²) in [6.07, 6.45) is 11.6. The first kappa shape index (κ1) is 20.7. The number of unbranched alkanes of at least 4 members (excludes halogenated alkanes) is 1. The second-order valence-corrected chi connectivity index (χ2v) is 9.32. The number of hydrogen-bond acceptors (Lipinski definition) is 4. The second kappa shape index (κ2) is 9.07. The first-order chi connectivity index (χ1) is 14.2. The van der Waals surface area contributed by atoms with E-state index in [1.807, 2.05) is 0 Å². The highest BCUT2D eigenvalue weighted by atomic mass is 16.7. The molecule has 160 valence electrons. The summed E-state index contributed by atoms with van der Waals surface area (Å²) >= 11 is 0. The molecule has 1 N–H and O–H groups in total. The van der Waals surface area contributed by atoms with E-state index in [-0.39, 0.29) is 18.7 Å². The van der Waals surface area contributed by atoms with Crippen LogP contribution in [0.2, 0.25) is 0 Å². The summed E-state index contributed by atoms with van der Waals surface area (Å²) in [5, 5.41) is 3.79. The fourth-order valence-electron chi connectivity index (χ4n) is 6.21. The summed E-state index contributed by atoms with van der Waals surface area (Å²) in [5.74, 6) is 1.48. The van der Waals surface area contributed by atoms with Crippen molar-refractivity contribution in [3.8, 4) is 5.75 Å². The quantitative estimate of drug-likeness (QED) is 0.486. The molecule has 0 spiro atoms. The summed E-state index contributed by atoms with van der Waals surface area (Å²) in [6.45, 7) is 5.34. The molecule has 4 atom stereocenters. The van der Waals surface area contributed by atoms with E-state index in [4.69, 9.17) is 9.47 Å². The van der Waals surface area contributed by atoms with Gasteiger partial charge in [0.15, 0.2) is 0 Å². The molecule has 2 aliphatic carbocycles. The van der Waals surface area contributed by atoms with Crippen LogP contribution < -0.4 is 10.1 Å². The van der Waals surface area contributed by atoms with Gasteiger partial charge in [-0.3, -0.25) is 4.79 Å². The normalized spacial score (nSPS) is 28.8. The molecule has 0 amide bonds. The molecular weight excluding hydrogens is 362 g/mol. The van der Waals surface area contributed by atoms with Gasteiger partial charge in [-0.05, 0) is 74.2 Å². The maximum absolute atomic E-state index is 12.3. The van der Waals surface area contributed by atoms with E-state index in [1.54, 1.807) is 0 Å². The molecule has 4 heteroatoms. The Balaban J connectivity index is 1.43. The van der Waals surface area contributed by atoms with Crippen molar-refractivity contribution in [3.63, 3.8) is 0 Å². The lowest BCUT2D eigenvalue weighted by Crippen LogP contribution is -2.59. The molecule has 1 aromatic rings. The highest BCUT2D eigenvalue weighted by Gasteiger charge is 2.51. The maximum atomic E-state index is 12.3. The van der Waals surface area contributed by atoms with E-state index in [9.17, 15) is 4.79 Å². The predicted octanol–water partition coefficient (Wildman–Crippen LogP) is 5.13. The lowest BCUT2D eigenvalue weighted by atomic mass is 9.53. The summed E-state index contributed by atoms with van der Waals surface area (Å²) in [7, 11) is 0. The molecule has 29 heavy (non-hydrogen) atoms. The van der Waals surface area contributed by atoms with Crippen molar-refractivity contribution in [2.75, 3.05) is 13.3 Å². The van der Waals surface area contributed by atoms with Crippen molar-refractivity contribution in [1.82, 2.24) is 5.32 Å². The molecule has 2 bridgehead atoms. The summed E-state index contributed by atoms with van der Waals surface area (Å²) in [4.78, 5) is 12.3. The van der Waals surface area contributed by atoms with Gasteiger partial charge in [-0.15, -0.1) is 0 Å². The zero-order valence-electron chi connectivity index (χ0n) is 18.2. The predicted molar refractivity (Wildman–Crippen MR) is 115 cm³/mol. The number of esters is 1. The molecule has 1 unspecified atom stereocenters. The fraction of sp³-hybridized carbons (Fsp3) is 0.720. The van der Waals surface area contributed by atoms with Crippen molar-refractivity contribution in [2.45, 2.75) is 89.5 Å². The topological polar surface area (TPSA) is 47.6 Å². The van der Waals surface area contributed by atoms with Crippen molar-refractivity contribution >= 4 is 5.97 Å². The lowest BCUT2D eigenvalue weighted by molar-refractivity contribution is -0.155. The minimum Gasteiger partial charge on any atom is -0.457 e. The zero-order valence-corrected chi connectivity index (χ0v) is 18.2. The third kappa shape index (κ3) is 4.05. The van der Waals surface area contributed by atoms with Crippen LogP contribution >= 0.6 is 0 Å². The van der Waals surface area contributed by atoms with Crippen LogP contribution in [-0.2, 0) is 21.4 Å². The van der Waals surface area contributed by atoms with Crippen molar-refractivity contribution in [3.05, 3.63) is 29.3 Å². The molecule has 3 aliphatic rings. The van der Waals surface area contributed by atoms with Crippen LogP contribution in [0, 0.1) is 11.8 Å². The van der Waals surface area contributed by atoms with Gasteiger partial charge in [-0.25, -0.2) is 0 Å². The number of nitrogens with one attached hydrogen (secondary N) is 1. The first-order valence-electron chi connectivity index (χ1n) is 11.8. The maximum Gasteiger partial charge on any atom is 0.311 e. The molecule has 1 saturated carbocycles. The van der Waals surface area contributed by atoms with Gasteiger partial charge in [0.1, 0.15) is 5.75 Å². The molecule has 4 nitrogen and oxygen atoms in total. The molecule has 1 saturated heterocycles. The summed E-state index contributed by atoms with van der Waals surface area (Å²) in [5.41, 5.74) is 3.32. The van der Waals surface area contributed by atoms with Gasteiger partial charge in [0.05, 0.1) is 5.92 Å². The molecular formula is C25H37NO3. The molecule has 0 radical (unpaired) electrons. The number of carbonyl (C=O) groups excluding carboxylic acids is 1. The molecule has 0 aromatic heterocycles. The number of benzene rings is 1. The number of ether oxygens (including phenoxy) is 2. The van der Waals surface area contributed by atoms with Crippen LogP contribution in [0.1, 0.15) is 82.8 Å². The third-order valence-electron chi connectivity index (χ3n) is 7.78. The Morgan fingerprint density at radius 2 is 2.17 bits per heavy atom. The highest BCUT2D eigenvalue weighted by Crippen LogP contribution is 2.54. The highest BCUT2D eigenvalue weighted by molar-refractivity contribution is 5.72. The number of piperidine rings is 1. The minimum absolute atomic E-state index is 0.00404. The smallest absolute Gasteiger partial charge is 0.311 e. The van der Waals surface area contributed by atoms with Crippen LogP contribution in [0.15, 0.2) is 18.2 Å². The Kier molecular flexibility index (Phi) is 6.48. The van der Waals surface area contributed by atoms with Gasteiger partial charge in [0.2, 0.25) is 6.79 Å². The number of carbonyl (C=O) groups is 1. The molecule has 1 aliphatic heterocycles. The molecule has 2 fully saturated rings. The Bertz CT molecular complexity index is 714. The summed E-state index contributed by atoms with van der Waals surface area (Å²) < 4.78 is 11.4. The number of hydrogen-bond donors (Lipinski definition) is 1. The van der Waals surface area contributed by atoms with Crippen LogP contribution in [0.4, 0.5) is 0 Å². The van der Waals surface area contributed by atoms with E-state index < -0.39 is 0 Å². The number of fused-ring (bicyclic) bond motifs is 1. The standard InChI is InChI=1S/C25H37NO3/c1-3-5-8-18(4-2)24(27)29-17-28-20-11-10-19-15-23-21-9-6-7-12-25(21,13-14-26-23)22(19)16-20/h10-11,16,18,21,23,26H,3-9,12-15,17H2,1-2H3/t18?,21-,23+,25+/m1/s1. The largest absolute Gasteiger partial charge is 0.457 e. The fourth-order valence-corrected chi connectivity index (χ4v) is 6.21. The Hall–Kier alpha value is -1.55. The van der Waals surface area contributed by atoms with Gasteiger partial charge in [0, 0.05) is 11.5 Å². The van der Waals surface area contributed by atoms with E-state index >= 15 is 0 Å². The zero-order chi connectivity index (χ0) is 20.3. The van der Waals surface area contributed by atoms with E-state index in [2.05, 4.69) is 37.4 Å². The van der Waals surface area contributed by atoms with E-state index in [0.29, 0.717) is 11.5 Å². The average Bonchev–Trinajstić information content (AvgIpc) is 2.74. The molecule has 1 heterocycles. The van der Waals surface area contributed by atoms with Crippen LogP contribution in [0.3, 0.4) is 0 Å². The van der Waals surface area contributed by atoms with E-state index in [1.165, 1.54) is 43.2 Å². The van der Waals surface area contributed by atoms with Crippen molar-refractivity contribution in [1.29, 1.82) is 0 Å². The monoisotopic (exact) mass is 399 g/mol. The Morgan fingerprint density at radius 3 is 3.00 bits per heavy atom. The van der Waals surface area contributed by atoms with Crippen LogP contribution in [-0.4, -0.2) is 25.3 Å². The second-order valence-electron chi connectivity index (χ2n) is 9.32. The minimum atomic E-state index is -0.119. The van der Waals surface area contributed by atoms with Crippen molar-refractivity contribution < 1.29 is 14.3 Å². The summed E-state index contributed by atoms with van der Waals surface area (Å²) in [6, 6.07) is 7.20. The molecule has 4 rings (SSSR count). The van der Waals surface area contributed by atoms with Gasteiger partial charge >= 0.3 is 5.97 Å². The average molecular weight is 400 g/mol. The van der Waals surface area contributed by atoms with Crippen molar-refractivity contribution in [2.24, 2.45) is 11.8 Å². The van der Waals surface area contributed by atoms with Gasteiger partial charge in [0.25, 0.3) is 0 Å². The van der Waals surface area contributed by atoms with Gasteiger partial charge in [-0.1, -0.05) is 45.6 Å². The number of rotatable bonds is 8. The van der Waals surface area contributed by atoms with Gasteiger partial charge in [-0.2, -0.15) is 0 Å². The first-order valence-corrected chi connectivity index (χ1v) is 11.8. The third-order valence-corrected chi connectivity index (χ3v) is 7.78. The van der Waals surface area contributed by atoms with Gasteiger partial charge < -0.3 is 14.8 Å². The Labute approximate surface area is 175 Å². The van der Waals surface area contributed by atoms with Crippen LogP contribution in [0.25, 0.3) is 0 Å². The SMILES string of the molecule is CCCCC(CC)C(=O)OCOc1ccc2c(c1)[C@]13CCCC[C@@H]1[C@H](C2)NCC3. The van der Waals surface area contributed by atoms with E-state index in [0.717, 1.165) is 50.3 Å². The Morgan fingerprint density at radius 1 is 1.28 bits per heavy atom. The molecule has 1 aromatic carbocycles. The lowest BCUT2D eigenvalue weighted by Gasteiger charge is -2.56.